The summed E-state index contributed by atoms with van der Waals surface area (Å²) in [5, 5.41) is 11.3. The summed E-state index contributed by atoms with van der Waals surface area (Å²) in [6.07, 6.45) is 0.687. The molecule has 0 aliphatic carbocycles. The van der Waals surface area contributed by atoms with Crippen LogP contribution in [0.15, 0.2) is 18.2 Å². The number of amides is 1. The lowest BCUT2D eigenvalue weighted by Crippen LogP contribution is -2.30. The second-order valence-corrected chi connectivity index (χ2v) is 7.79. The van der Waals surface area contributed by atoms with Crippen molar-refractivity contribution in [2.24, 2.45) is 0 Å². The number of carboxylic acid groups (broad SMARTS) is 1. The summed E-state index contributed by atoms with van der Waals surface area (Å²) in [4.78, 5) is 22.7. The van der Waals surface area contributed by atoms with E-state index in [1.54, 1.807) is 0 Å². The van der Waals surface area contributed by atoms with Gasteiger partial charge in [0.05, 0.1) is 23.2 Å². The van der Waals surface area contributed by atoms with Gasteiger partial charge in [-0.3, -0.25) is 9.59 Å². The molecule has 9 heteroatoms. The average molecular weight is 366 g/mol. The number of carbonyl (C=O) groups is 2. The van der Waals surface area contributed by atoms with Crippen LogP contribution in [0, 0.1) is 5.82 Å². The molecule has 23 heavy (non-hydrogen) atoms. The Balaban J connectivity index is 2.76. The van der Waals surface area contributed by atoms with Crippen molar-refractivity contribution < 1.29 is 27.5 Å². The fraction of sp³-hybridized carbons (Fsp3) is 0.429. The summed E-state index contributed by atoms with van der Waals surface area (Å²) in [5.41, 5.74) is 0.269. The van der Waals surface area contributed by atoms with Crippen LogP contribution in [-0.4, -0.2) is 37.4 Å². The molecule has 1 amide bonds. The Morgan fingerprint density at radius 2 is 2.04 bits per heavy atom. The van der Waals surface area contributed by atoms with Crippen LogP contribution in [0.3, 0.4) is 0 Å². The number of aliphatic carboxylic acids is 1. The van der Waals surface area contributed by atoms with Crippen molar-refractivity contribution in [3.63, 3.8) is 0 Å². The van der Waals surface area contributed by atoms with Crippen molar-refractivity contribution in [3.05, 3.63) is 34.6 Å². The Morgan fingerprint density at radius 3 is 2.57 bits per heavy atom. The van der Waals surface area contributed by atoms with Crippen LogP contribution in [0.1, 0.15) is 30.9 Å². The van der Waals surface area contributed by atoms with Gasteiger partial charge in [-0.25, -0.2) is 12.8 Å². The van der Waals surface area contributed by atoms with E-state index in [0.717, 1.165) is 12.3 Å². The van der Waals surface area contributed by atoms with E-state index >= 15 is 0 Å². The second-order valence-electron chi connectivity index (χ2n) is 5.12. The van der Waals surface area contributed by atoms with Gasteiger partial charge in [0.1, 0.15) is 15.7 Å². The van der Waals surface area contributed by atoms with Crippen molar-refractivity contribution in [2.75, 3.05) is 12.0 Å². The second kappa shape index (κ2) is 8.26. The van der Waals surface area contributed by atoms with E-state index in [1.807, 2.05) is 0 Å². The smallest absolute Gasteiger partial charge is 0.305 e. The molecule has 1 atom stereocenters. The summed E-state index contributed by atoms with van der Waals surface area (Å²) < 4.78 is 35.5. The van der Waals surface area contributed by atoms with Gasteiger partial charge in [-0.2, -0.15) is 0 Å². The van der Waals surface area contributed by atoms with E-state index in [2.05, 4.69) is 5.32 Å². The fourth-order valence-corrected chi connectivity index (χ4v) is 2.70. The monoisotopic (exact) mass is 365 g/mol. The van der Waals surface area contributed by atoms with E-state index < -0.39 is 40.0 Å². The average Bonchev–Trinajstić information content (AvgIpc) is 2.39. The molecule has 0 heterocycles. The van der Waals surface area contributed by atoms with E-state index in [-0.39, 0.29) is 29.2 Å². The molecule has 0 aliphatic heterocycles. The summed E-state index contributed by atoms with van der Waals surface area (Å²) in [6, 6.07) is 2.84. The highest BCUT2D eigenvalue weighted by atomic mass is 35.5. The van der Waals surface area contributed by atoms with Crippen LogP contribution >= 0.6 is 11.6 Å². The number of carbonyl (C=O) groups excluding carboxylic acids is 1. The molecular weight excluding hydrogens is 349 g/mol. The first-order chi connectivity index (χ1) is 10.6. The lowest BCUT2D eigenvalue weighted by atomic mass is 10.0. The Bertz CT molecular complexity index is 692. The molecular formula is C14H17ClFNO5S. The third-order valence-corrected chi connectivity index (χ3v) is 4.32. The highest BCUT2D eigenvalue weighted by Crippen LogP contribution is 2.22. The topological polar surface area (TPSA) is 101 Å². The number of hydrogen-bond acceptors (Lipinski definition) is 4. The minimum absolute atomic E-state index is 0.0702. The zero-order valence-corrected chi connectivity index (χ0v) is 14.0. The zero-order valence-electron chi connectivity index (χ0n) is 12.4. The van der Waals surface area contributed by atoms with Crippen LogP contribution in [0.25, 0.3) is 0 Å². The molecule has 0 bridgehead atoms. The molecule has 0 spiro atoms. The number of carboxylic acids is 1. The minimum Gasteiger partial charge on any atom is -0.481 e. The van der Waals surface area contributed by atoms with Crippen LogP contribution < -0.4 is 5.32 Å². The molecule has 0 saturated heterocycles. The van der Waals surface area contributed by atoms with Gasteiger partial charge < -0.3 is 10.4 Å². The van der Waals surface area contributed by atoms with Gasteiger partial charge in [0.2, 0.25) is 5.91 Å². The quantitative estimate of drug-likeness (QED) is 0.733. The lowest BCUT2D eigenvalue weighted by Gasteiger charge is -2.18. The van der Waals surface area contributed by atoms with Gasteiger partial charge in [-0.15, -0.1) is 0 Å². The maximum Gasteiger partial charge on any atom is 0.305 e. The molecule has 0 saturated carbocycles. The molecule has 2 N–H and O–H groups in total. The van der Waals surface area contributed by atoms with E-state index in [1.165, 1.54) is 12.1 Å². The Hall–Kier alpha value is -1.67. The van der Waals surface area contributed by atoms with Gasteiger partial charge in [0.15, 0.2) is 0 Å². The van der Waals surface area contributed by atoms with Gasteiger partial charge in [0, 0.05) is 12.7 Å². The van der Waals surface area contributed by atoms with Crippen molar-refractivity contribution >= 4 is 33.3 Å². The maximum atomic E-state index is 13.5. The van der Waals surface area contributed by atoms with Crippen molar-refractivity contribution in [1.29, 1.82) is 0 Å². The number of nitrogens with one attached hydrogen (secondary N) is 1. The van der Waals surface area contributed by atoms with Gasteiger partial charge >= 0.3 is 5.97 Å². The summed E-state index contributed by atoms with van der Waals surface area (Å²) in [6.45, 7) is 0. The molecule has 0 fully saturated rings. The number of halogens is 2. The minimum atomic E-state index is -3.17. The van der Waals surface area contributed by atoms with Crippen molar-refractivity contribution in [3.8, 4) is 0 Å². The van der Waals surface area contributed by atoms with Crippen LogP contribution in [0.2, 0.25) is 5.02 Å². The highest BCUT2D eigenvalue weighted by molar-refractivity contribution is 7.90. The van der Waals surface area contributed by atoms with E-state index in [9.17, 15) is 22.4 Å². The van der Waals surface area contributed by atoms with Crippen molar-refractivity contribution in [2.45, 2.75) is 25.3 Å². The third-order valence-electron chi connectivity index (χ3n) is 2.98. The summed E-state index contributed by atoms with van der Waals surface area (Å²) >= 11 is 5.57. The maximum absolute atomic E-state index is 13.5. The molecule has 0 radical (unpaired) electrons. The molecule has 1 unspecified atom stereocenters. The van der Waals surface area contributed by atoms with Crippen LogP contribution in [0.5, 0.6) is 0 Å². The standard InChI is InChI=1S/C14H17ClFNO5S/c1-23(21,22)6-2-3-13(18)17-12(8-14(19)20)9-4-5-10(15)11(16)7-9/h4-5,7,12H,2-3,6,8H2,1H3,(H,17,18)(H,19,20). The molecule has 1 aromatic carbocycles. The van der Waals surface area contributed by atoms with Crippen LogP contribution in [-0.2, 0) is 19.4 Å². The molecule has 128 valence electrons. The first-order valence-corrected chi connectivity index (χ1v) is 9.16. The predicted molar refractivity (Wildman–Crippen MR) is 83.5 cm³/mol. The molecule has 0 aromatic heterocycles. The molecule has 1 aromatic rings. The Morgan fingerprint density at radius 1 is 1.39 bits per heavy atom. The first-order valence-electron chi connectivity index (χ1n) is 6.72. The Labute approximate surface area is 138 Å². The molecule has 6 nitrogen and oxygen atoms in total. The van der Waals surface area contributed by atoms with Gasteiger partial charge in [-0.05, 0) is 24.1 Å². The van der Waals surface area contributed by atoms with Crippen molar-refractivity contribution in [1.82, 2.24) is 5.32 Å². The van der Waals surface area contributed by atoms with Gasteiger partial charge in [-0.1, -0.05) is 17.7 Å². The fourth-order valence-electron chi connectivity index (χ4n) is 1.92. The SMILES string of the molecule is CS(=O)(=O)CCCC(=O)NC(CC(=O)O)c1ccc(Cl)c(F)c1. The molecule has 1 rings (SSSR count). The number of hydrogen-bond donors (Lipinski definition) is 2. The summed E-state index contributed by atoms with van der Waals surface area (Å²) in [7, 11) is -3.17. The first kappa shape index (κ1) is 19.4. The summed E-state index contributed by atoms with van der Waals surface area (Å²) in [5.74, 6) is -2.53. The third kappa shape index (κ3) is 7.43. The zero-order chi connectivity index (χ0) is 17.6. The molecule has 0 aliphatic rings. The largest absolute Gasteiger partial charge is 0.481 e. The van der Waals surface area contributed by atoms with E-state index in [4.69, 9.17) is 16.7 Å². The highest BCUT2D eigenvalue weighted by Gasteiger charge is 2.19. The van der Waals surface area contributed by atoms with Gasteiger partial charge in [0.25, 0.3) is 0 Å². The lowest BCUT2D eigenvalue weighted by molar-refractivity contribution is -0.137. The van der Waals surface area contributed by atoms with Crippen LogP contribution in [0.4, 0.5) is 4.39 Å². The normalized spacial score (nSPS) is 12.7. The van der Waals surface area contributed by atoms with E-state index in [0.29, 0.717) is 0 Å². The number of benzene rings is 1. The number of rotatable bonds is 8. The Kier molecular flexibility index (Phi) is 6.96. The number of sulfone groups is 1. The predicted octanol–water partition coefficient (Wildman–Crippen LogP) is 1.94.